The Labute approximate surface area is 151 Å². The van der Waals surface area contributed by atoms with E-state index in [4.69, 9.17) is 5.26 Å². The molecule has 6 heteroatoms. The molecule has 2 N–H and O–H groups in total. The van der Waals surface area contributed by atoms with Crippen molar-refractivity contribution in [1.29, 1.82) is 5.26 Å². The van der Waals surface area contributed by atoms with Crippen molar-refractivity contribution in [3.63, 3.8) is 0 Å². The highest BCUT2D eigenvalue weighted by molar-refractivity contribution is 6.03. The molecule has 0 radical (unpaired) electrons. The topological polar surface area (TPSA) is 90.7 Å². The van der Waals surface area contributed by atoms with E-state index in [0.717, 1.165) is 12.1 Å². The Morgan fingerprint density at radius 2 is 1.88 bits per heavy atom. The Balaban J connectivity index is 1.73. The number of hydrogen-bond donors (Lipinski definition) is 2. The summed E-state index contributed by atoms with van der Waals surface area (Å²) in [5, 5.41) is 14.8. The molecule has 0 fully saturated rings. The van der Waals surface area contributed by atoms with Crippen LogP contribution < -0.4 is 10.6 Å². The molecule has 0 unspecified atom stereocenters. The molecule has 1 aromatic heterocycles. The van der Waals surface area contributed by atoms with Crippen LogP contribution in [0.4, 0.5) is 17.2 Å². The van der Waals surface area contributed by atoms with E-state index in [-0.39, 0.29) is 11.6 Å². The van der Waals surface area contributed by atoms with E-state index in [1.165, 1.54) is 11.9 Å². The Morgan fingerprint density at radius 3 is 2.62 bits per heavy atom. The molecule has 0 aliphatic rings. The van der Waals surface area contributed by atoms with Gasteiger partial charge in [0.25, 0.3) is 5.91 Å². The lowest BCUT2D eigenvalue weighted by Gasteiger charge is -2.08. The monoisotopic (exact) mass is 343 g/mol. The van der Waals surface area contributed by atoms with Gasteiger partial charge in [-0.15, -0.1) is 0 Å². The predicted octanol–water partition coefficient (Wildman–Crippen LogP) is 3.91. The summed E-state index contributed by atoms with van der Waals surface area (Å²) in [4.78, 5) is 20.6. The van der Waals surface area contributed by atoms with Crippen LogP contribution in [0.25, 0.3) is 0 Å². The van der Waals surface area contributed by atoms with Crippen molar-refractivity contribution >= 4 is 23.1 Å². The molecular formula is C20H17N5O. The molecule has 1 amide bonds. The third-order valence-electron chi connectivity index (χ3n) is 3.78. The molecule has 0 saturated heterocycles. The van der Waals surface area contributed by atoms with Gasteiger partial charge < -0.3 is 10.6 Å². The van der Waals surface area contributed by atoms with Crippen LogP contribution in [0.2, 0.25) is 0 Å². The standard InChI is InChI=1S/C20H17N5O/c1-2-14-6-8-16(9-7-14)24-19-11-18(22-13-23-19)20(26)25-17-5-3-4-15(10-17)12-21/h3-11,13H,2H2,1H3,(H,25,26)(H,22,23,24). The van der Waals surface area contributed by atoms with Crippen LogP contribution in [0.15, 0.2) is 60.9 Å². The first-order valence-electron chi connectivity index (χ1n) is 8.17. The maximum absolute atomic E-state index is 12.4. The van der Waals surface area contributed by atoms with Gasteiger partial charge in [0, 0.05) is 17.4 Å². The second kappa shape index (κ2) is 7.90. The molecule has 2 aromatic carbocycles. The van der Waals surface area contributed by atoms with Gasteiger partial charge in [-0.1, -0.05) is 25.1 Å². The SMILES string of the molecule is CCc1ccc(Nc2cc(C(=O)Nc3cccc(C#N)c3)ncn2)cc1. The molecule has 0 bridgehead atoms. The zero-order chi connectivity index (χ0) is 18.4. The fourth-order valence-corrected chi connectivity index (χ4v) is 2.38. The molecule has 6 nitrogen and oxygen atoms in total. The molecule has 0 atom stereocenters. The van der Waals surface area contributed by atoms with E-state index in [1.807, 2.05) is 30.3 Å². The minimum atomic E-state index is -0.369. The summed E-state index contributed by atoms with van der Waals surface area (Å²) in [6.07, 6.45) is 2.31. The van der Waals surface area contributed by atoms with Crippen molar-refractivity contribution in [2.45, 2.75) is 13.3 Å². The van der Waals surface area contributed by atoms with Gasteiger partial charge in [0.2, 0.25) is 0 Å². The number of nitriles is 1. The Morgan fingerprint density at radius 1 is 1.08 bits per heavy atom. The molecule has 3 rings (SSSR count). The second-order valence-electron chi connectivity index (χ2n) is 5.61. The zero-order valence-corrected chi connectivity index (χ0v) is 14.2. The summed E-state index contributed by atoms with van der Waals surface area (Å²) in [5.41, 5.74) is 3.38. The maximum Gasteiger partial charge on any atom is 0.274 e. The lowest BCUT2D eigenvalue weighted by atomic mass is 10.1. The quantitative estimate of drug-likeness (QED) is 0.733. The molecular weight excluding hydrogens is 326 g/mol. The van der Waals surface area contributed by atoms with Crippen LogP contribution in [0.3, 0.4) is 0 Å². The van der Waals surface area contributed by atoms with Gasteiger partial charge in [-0.25, -0.2) is 9.97 Å². The van der Waals surface area contributed by atoms with Crippen LogP contribution in [-0.4, -0.2) is 15.9 Å². The van der Waals surface area contributed by atoms with Crippen molar-refractivity contribution in [2.75, 3.05) is 10.6 Å². The minimum Gasteiger partial charge on any atom is -0.340 e. The largest absolute Gasteiger partial charge is 0.340 e. The minimum absolute atomic E-state index is 0.232. The number of hydrogen-bond acceptors (Lipinski definition) is 5. The maximum atomic E-state index is 12.4. The number of nitrogens with zero attached hydrogens (tertiary/aromatic N) is 3. The van der Waals surface area contributed by atoms with Crippen LogP contribution in [0.5, 0.6) is 0 Å². The summed E-state index contributed by atoms with van der Waals surface area (Å²) >= 11 is 0. The molecule has 26 heavy (non-hydrogen) atoms. The fourth-order valence-electron chi connectivity index (χ4n) is 2.38. The Bertz CT molecular complexity index is 960. The van der Waals surface area contributed by atoms with Gasteiger partial charge in [-0.3, -0.25) is 4.79 Å². The number of carbonyl (C=O) groups is 1. The Hall–Kier alpha value is -3.72. The number of aromatic nitrogens is 2. The van der Waals surface area contributed by atoms with E-state index in [1.54, 1.807) is 30.3 Å². The van der Waals surface area contributed by atoms with Gasteiger partial charge in [-0.05, 0) is 42.3 Å². The molecule has 3 aromatic rings. The highest BCUT2D eigenvalue weighted by atomic mass is 16.1. The molecule has 1 heterocycles. The lowest BCUT2D eigenvalue weighted by Crippen LogP contribution is -2.14. The number of benzene rings is 2. The number of rotatable bonds is 5. The van der Waals surface area contributed by atoms with Crippen molar-refractivity contribution in [2.24, 2.45) is 0 Å². The van der Waals surface area contributed by atoms with E-state index < -0.39 is 0 Å². The predicted molar refractivity (Wildman–Crippen MR) is 100 cm³/mol. The van der Waals surface area contributed by atoms with E-state index >= 15 is 0 Å². The van der Waals surface area contributed by atoms with Gasteiger partial charge in [0.1, 0.15) is 17.8 Å². The van der Waals surface area contributed by atoms with Gasteiger partial charge in [-0.2, -0.15) is 5.26 Å². The smallest absolute Gasteiger partial charge is 0.274 e. The van der Waals surface area contributed by atoms with Crippen molar-refractivity contribution < 1.29 is 4.79 Å². The van der Waals surface area contributed by atoms with Crippen molar-refractivity contribution in [3.05, 3.63) is 77.7 Å². The van der Waals surface area contributed by atoms with Crippen LogP contribution in [-0.2, 0) is 6.42 Å². The average molecular weight is 343 g/mol. The zero-order valence-electron chi connectivity index (χ0n) is 14.2. The summed E-state index contributed by atoms with van der Waals surface area (Å²) in [6.45, 7) is 2.10. The molecule has 128 valence electrons. The highest BCUT2D eigenvalue weighted by Gasteiger charge is 2.10. The normalized spacial score (nSPS) is 10.0. The van der Waals surface area contributed by atoms with Gasteiger partial charge in [0.05, 0.1) is 11.6 Å². The molecule has 0 saturated carbocycles. The number of aryl methyl sites for hydroxylation is 1. The summed E-state index contributed by atoms with van der Waals surface area (Å²) in [5.74, 6) is 0.159. The average Bonchev–Trinajstić information content (AvgIpc) is 2.69. The number of nitrogens with one attached hydrogen (secondary N) is 2. The molecule has 0 aliphatic carbocycles. The summed E-state index contributed by atoms with van der Waals surface area (Å²) < 4.78 is 0. The van der Waals surface area contributed by atoms with Crippen molar-refractivity contribution in [1.82, 2.24) is 9.97 Å². The van der Waals surface area contributed by atoms with Gasteiger partial charge in [0.15, 0.2) is 0 Å². The van der Waals surface area contributed by atoms with Crippen LogP contribution in [0, 0.1) is 11.3 Å². The van der Waals surface area contributed by atoms with Crippen molar-refractivity contribution in [3.8, 4) is 6.07 Å². The highest BCUT2D eigenvalue weighted by Crippen LogP contribution is 2.17. The third-order valence-corrected chi connectivity index (χ3v) is 3.78. The third kappa shape index (κ3) is 4.22. The van der Waals surface area contributed by atoms with E-state index in [0.29, 0.717) is 17.1 Å². The first-order valence-corrected chi connectivity index (χ1v) is 8.17. The molecule has 0 aliphatic heterocycles. The van der Waals surface area contributed by atoms with Crippen LogP contribution in [0.1, 0.15) is 28.5 Å². The first kappa shape index (κ1) is 17.1. The van der Waals surface area contributed by atoms with E-state index in [9.17, 15) is 4.79 Å². The summed E-state index contributed by atoms with van der Waals surface area (Å²) in [7, 11) is 0. The fraction of sp³-hybridized carbons (Fsp3) is 0.100. The second-order valence-corrected chi connectivity index (χ2v) is 5.61. The van der Waals surface area contributed by atoms with Gasteiger partial charge >= 0.3 is 0 Å². The number of amides is 1. The lowest BCUT2D eigenvalue weighted by molar-refractivity contribution is 0.102. The number of anilines is 3. The number of carbonyl (C=O) groups excluding carboxylic acids is 1. The Kier molecular flexibility index (Phi) is 5.20. The van der Waals surface area contributed by atoms with Crippen LogP contribution >= 0.6 is 0 Å². The van der Waals surface area contributed by atoms with E-state index in [2.05, 4.69) is 27.5 Å². The summed E-state index contributed by atoms with van der Waals surface area (Å²) in [6, 6.07) is 18.3. The molecule has 0 spiro atoms. The first-order chi connectivity index (χ1) is 12.7.